The van der Waals surface area contributed by atoms with Crippen LogP contribution in [-0.4, -0.2) is 34.6 Å². The first-order valence-electron chi connectivity index (χ1n) is 6.20. The molecule has 15 heavy (non-hydrogen) atoms. The second-order valence-electron chi connectivity index (χ2n) is 4.93. The highest BCUT2D eigenvalue weighted by Gasteiger charge is 2.40. The Morgan fingerprint density at radius 1 is 1.40 bits per heavy atom. The Balaban J connectivity index is 1.88. The largest absolute Gasteiger partial charge is 0.481 e. The molecule has 3 nitrogen and oxygen atoms in total. The van der Waals surface area contributed by atoms with E-state index in [1.807, 2.05) is 0 Å². The standard InChI is InChI=1S/C12H21NO2/c1-2-11(9-3-4-9)13(10-5-6-10)8-7-12(14)15/h9-11H,2-8H2,1H3,(H,14,15). The fourth-order valence-electron chi connectivity index (χ4n) is 2.57. The predicted octanol–water partition coefficient (Wildman–Crippen LogP) is 2.11. The first kappa shape index (κ1) is 10.9. The molecule has 0 heterocycles. The zero-order chi connectivity index (χ0) is 10.8. The van der Waals surface area contributed by atoms with Crippen LogP contribution in [0.3, 0.4) is 0 Å². The van der Waals surface area contributed by atoms with Crippen molar-refractivity contribution in [2.75, 3.05) is 6.54 Å². The van der Waals surface area contributed by atoms with Crippen molar-refractivity contribution in [3.8, 4) is 0 Å². The van der Waals surface area contributed by atoms with Gasteiger partial charge in [-0.2, -0.15) is 0 Å². The van der Waals surface area contributed by atoms with E-state index in [-0.39, 0.29) is 0 Å². The van der Waals surface area contributed by atoms with Gasteiger partial charge in [-0.05, 0) is 38.0 Å². The number of carboxylic acid groups (broad SMARTS) is 1. The van der Waals surface area contributed by atoms with Gasteiger partial charge in [0.15, 0.2) is 0 Å². The number of hydrogen-bond donors (Lipinski definition) is 1. The first-order valence-corrected chi connectivity index (χ1v) is 6.20. The molecule has 1 atom stereocenters. The van der Waals surface area contributed by atoms with Crippen LogP contribution in [0.2, 0.25) is 0 Å². The molecule has 0 aromatic rings. The zero-order valence-corrected chi connectivity index (χ0v) is 9.48. The number of rotatable bonds is 7. The number of hydrogen-bond acceptors (Lipinski definition) is 2. The van der Waals surface area contributed by atoms with Gasteiger partial charge in [0.05, 0.1) is 6.42 Å². The van der Waals surface area contributed by atoms with Crippen LogP contribution in [-0.2, 0) is 4.79 Å². The van der Waals surface area contributed by atoms with E-state index in [2.05, 4.69) is 11.8 Å². The van der Waals surface area contributed by atoms with Crippen LogP contribution >= 0.6 is 0 Å². The molecular weight excluding hydrogens is 190 g/mol. The third kappa shape index (κ3) is 2.94. The minimum absolute atomic E-state index is 0.305. The van der Waals surface area contributed by atoms with Gasteiger partial charge in [-0.15, -0.1) is 0 Å². The van der Waals surface area contributed by atoms with Crippen molar-refractivity contribution in [3.63, 3.8) is 0 Å². The molecule has 0 spiro atoms. The van der Waals surface area contributed by atoms with Crippen LogP contribution in [0.15, 0.2) is 0 Å². The summed E-state index contributed by atoms with van der Waals surface area (Å²) in [5.41, 5.74) is 0. The van der Waals surface area contributed by atoms with Crippen molar-refractivity contribution in [3.05, 3.63) is 0 Å². The highest BCUT2D eigenvalue weighted by atomic mass is 16.4. The van der Waals surface area contributed by atoms with Crippen molar-refractivity contribution >= 4 is 5.97 Å². The van der Waals surface area contributed by atoms with Gasteiger partial charge in [0.25, 0.3) is 0 Å². The molecule has 1 unspecified atom stereocenters. The Kier molecular flexibility index (Phi) is 3.29. The van der Waals surface area contributed by atoms with Crippen LogP contribution < -0.4 is 0 Å². The van der Waals surface area contributed by atoms with Crippen LogP contribution in [0.5, 0.6) is 0 Å². The SMILES string of the molecule is CCC(C1CC1)N(CCC(=O)O)C1CC1. The topological polar surface area (TPSA) is 40.5 Å². The third-order valence-corrected chi connectivity index (χ3v) is 3.61. The van der Waals surface area contributed by atoms with Gasteiger partial charge >= 0.3 is 5.97 Å². The molecule has 2 aliphatic rings. The number of carbonyl (C=O) groups is 1. The Hall–Kier alpha value is -0.570. The summed E-state index contributed by atoms with van der Waals surface area (Å²) in [5.74, 6) is 0.204. The second-order valence-corrected chi connectivity index (χ2v) is 4.93. The highest BCUT2D eigenvalue weighted by Crippen LogP contribution is 2.41. The van der Waals surface area contributed by atoms with Crippen molar-refractivity contribution in [2.24, 2.45) is 5.92 Å². The maximum Gasteiger partial charge on any atom is 0.304 e. The molecule has 0 radical (unpaired) electrons. The molecule has 86 valence electrons. The van der Waals surface area contributed by atoms with Crippen LogP contribution in [0.4, 0.5) is 0 Å². The average molecular weight is 211 g/mol. The lowest BCUT2D eigenvalue weighted by atomic mass is 10.1. The lowest BCUT2D eigenvalue weighted by molar-refractivity contribution is -0.137. The van der Waals surface area contributed by atoms with E-state index in [4.69, 9.17) is 5.11 Å². The maximum atomic E-state index is 10.6. The lowest BCUT2D eigenvalue weighted by Gasteiger charge is -2.30. The molecule has 1 N–H and O–H groups in total. The van der Waals surface area contributed by atoms with E-state index in [0.29, 0.717) is 18.5 Å². The molecule has 2 aliphatic carbocycles. The van der Waals surface area contributed by atoms with Gasteiger partial charge in [0.2, 0.25) is 0 Å². The van der Waals surface area contributed by atoms with Gasteiger partial charge in [-0.3, -0.25) is 9.69 Å². The molecule has 0 amide bonds. The van der Waals surface area contributed by atoms with Crippen molar-refractivity contribution in [2.45, 2.75) is 57.5 Å². The monoisotopic (exact) mass is 211 g/mol. The smallest absolute Gasteiger partial charge is 0.304 e. The predicted molar refractivity (Wildman–Crippen MR) is 58.8 cm³/mol. The molecule has 0 bridgehead atoms. The Morgan fingerprint density at radius 2 is 2.07 bits per heavy atom. The molecule has 0 aromatic carbocycles. The van der Waals surface area contributed by atoms with Crippen LogP contribution in [0.1, 0.15) is 45.4 Å². The summed E-state index contributed by atoms with van der Waals surface area (Å²) < 4.78 is 0. The molecular formula is C12H21NO2. The van der Waals surface area contributed by atoms with E-state index in [9.17, 15) is 4.79 Å². The molecule has 0 aliphatic heterocycles. The molecule has 2 fully saturated rings. The Bertz CT molecular complexity index is 234. The quantitative estimate of drug-likeness (QED) is 0.701. The number of nitrogens with zero attached hydrogens (tertiary/aromatic N) is 1. The first-order chi connectivity index (χ1) is 7.22. The normalized spacial score (nSPS) is 23.1. The lowest BCUT2D eigenvalue weighted by Crippen LogP contribution is -2.39. The van der Waals surface area contributed by atoms with E-state index >= 15 is 0 Å². The van der Waals surface area contributed by atoms with Gasteiger partial charge in [-0.25, -0.2) is 0 Å². The molecule has 2 saturated carbocycles. The van der Waals surface area contributed by atoms with Crippen molar-refractivity contribution in [1.29, 1.82) is 0 Å². The van der Waals surface area contributed by atoms with Crippen molar-refractivity contribution in [1.82, 2.24) is 4.90 Å². The Labute approximate surface area is 91.5 Å². The van der Waals surface area contributed by atoms with Gasteiger partial charge in [0.1, 0.15) is 0 Å². The van der Waals surface area contributed by atoms with E-state index in [0.717, 1.165) is 12.5 Å². The Morgan fingerprint density at radius 3 is 2.47 bits per heavy atom. The molecule has 0 saturated heterocycles. The molecule has 2 rings (SSSR count). The van der Waals surface area contributed by atoms with E-state index in [1.165, 1.54) is 32.1 Å². The molecule has 0 aromatic heterocycles. The fraction of sp³-hybridized carbons (Fsp3) is 0.917. The van der Waals surface area contributed by atoms with E-state index in [1.54, 1.807) is 0 Å². The van der Waals surface area contributed by atoms with Crippen molar-refractivity contribution < 1.29 is 9.90 Å². The summed E-state index contributed by atoms with van der Waals surface area (Å²) in [7, 11) is 0. The summed E-state index contributed by atoms with van der Waals surface area (Å²) in [6, 6.07) is 1.37. The van der Waals surface area contributed by atoms with Gasteiger partial charge in [0, 0.05) is 18.6 Å². The summed E-state index contributed by atoms with van der Waals surface area (Å²) in [6.07, 6.45) is 6.76. The molecule has 3 heteroatoms. The van der Waals surface area contributed by atoms with Crippen LogP contribution in [0.25, 0.3) is 0 Å². The summed E-state index contributed by atoms with van der Waals surface area (Å²) in [5, 5.41) is 8.75. The number of carboxylic acids is 1. The second kappa shape index (κ2) is 4.52. The van der Waals surface area contributed by atoms with Crippen LogP contribution in [0, 0.1) is 5.92 Å². The fourth-order valence-corrected chi connectivity index (χ4v) is 2.57. The third-order valence-electron chi connectivity index (χ3n) is 3.61. The minimum Gasteiger partial charge on any atom is -0.481 e. The number of aliphatic carboxylic acids is 1. The maximum absolute atomic E-state index is 10.6. The highest BCUT2D eigenvalue weighted by molar-refractivity contribution is 5.66. The van der Waals surface area contributed by atoms with Gasteiger partial charge < -0.3 is 5.11 Å². The summed E-state index contributed by atoms with van der Waals surface area (Å²) in [4.78, 5) is 13.1. The zero-order valence-electron chi connectivity index (χ0n) is 9.48. The minimum atomic E-state index is -0.661. The van der Waals surface area contributed by atoms with E-state index < -0.39 is 5.97 Å². The summed E-state index contributed by atoms with van der Waals surface area (Å²) >= 11 is 0. The summed E-state index contributed by atoms with van der Waals surface area (Å²) in [6.45, 7) is 2.99. The van der Waals surface area contributed by atoms with Gasteiger partial charge in [-0.1, -0.05) is 6.92 Å². The average Bonchev–Trinajstić information content (AvgIpc) is 3.01.